The Balaban J connectivity index is 1.92. The summed E-state index contributed by atoms with van der Waals surface area (Å²) in [5, 5.41) is 13.5. The van der Waals surface area contributed by atoms with Crippen molar-refractivity contribution in [3.8, 4) is 17.0 Å². The number of pyridine rings is 1. The zero-order valence-electron chi connectivity index (χ0n) is 17.3. The molecule has 0 bridgehead atoms. The first-order valence-corrected chi connectivity index (χ1v) is 10.0. The van der Waals surface area contributed by atoms with Gasteiger partial charge < -0.3 is 15.2 Å². The van der Waals surface area contributed by atoms with Gasteiger partial charge in [-0.2, -0.15) is 0 Å². The Hall–Kier alpha value is -2.92. The number of aromatic nitrogens is 1. The number of amides is 1. The summed E-state index contributed by atoms with van der Waals surface area (Å²) in [5.41, 5.74) is 5.75. The minimum Gasteiger partial charge on any atom is -0.493 e. The Morgan fingerprint density at radius 1 is 1.17 bits per heavy atom. The average molecular weight is 392 g/mol. The van der Waals surface area contributed by atoms with E-state index in [1.165, 1.54) is 0 Å². The second-order valence-electron chi connectivity index (χ2n) is 7.18. The highest BCUT2D eigenvalue weighted by Crippen LogP contribution is 2.29. The monoisotopic (exact) mass is 392 g/mol. The van der Waals surface area contributed by atoms with Gasteiger partial charge in [0.05, 0.1) is 24.4 Å². The van der Waals surface area contributed by atoms with Crippen LogP contribution in [0.1, 0.15) is 36.5 Å². The maximum Gasteiger partial charge on any atom is 0.220 e. The first-order chi connectivity index (χ1) is 14.0. The number of aliphatic hydroxyl groups is 1. The number of fused-ring (bicyclic) bond motifs is 1. The fourth-order valence-corrected chi connectivity index (χ4v) is 3.34. The van der Waals surface area contributed by atoms with Crippen molar-refractivity contribution in [1.29, 1.82) is 0 Å². The van der Waals surface area contributed by atoms with Crippen molar-refractivity contribution in [2.24, 2.45) is 0 Å². The standard InChI is InChI=1S/C24H28N2O3/c1-4-11-29-23-9-7-18(14-19(23)15-27)22-12-16(2)20-13-17(5-8-21(20)26-22)6-10-24(28)25-3/h5,7-9,12-14,27H,4,6,10-11,15H2,1-3H3,(H,25,28). The van der Waals surface area contributed by atoms with Gasteiger partial charge in [0.2, 0.25) is 5.91 Å². The SMILES string of the molecule is CCCOc1ccc(-c2cc(C)c3cc(CCC(=O)NC)ccc3n2)cc1CO. The van der Waals surface area contributed by atoms with E-state index in [1.54, 1.807) is 7.05 Å². The van der Waals surface area contributed by atoms with E-state index in [1.807, 2.05) is 30.3 Å². The molecule has 0 aliphatic carbocycles. The van der Waals surface area contributed by atoms with Crippen molar-refractivity contribution in [3.05, 3.63) is 59.2 Å². The minimum atomic E-state index is -0.0752. The van der Waals surface area contributed by atoms with Gasteiger partial charge in [-0.1, -0.05) is 13.0 Å². The Kier molecular flexibility index (Phi) is 6.83. The number of rotatable bonds is 8. The molecule has 29 heavy (non-hydrogen) atoms. The van der Waals surface area contributed by atoms with E-state index in [9.17, 15) is 9.90 Å². The number of aryl methyl sites for hydroxylation is 2. The number of nitrogens with one attached hydrogen (secondary N) is 1. The van der Waals surface area contributed by atoms with Crippen molar-refractivity contribution < 1.29 is 14.6 Å². The first-order valence-electron chi connectivity index (χ1n) is 10.0. The maximum absolute atomic E-state index is 11.5. The molecule has 1 amide bonds. The molecule has 0 aliphatic heterocycles. The third-order valence-corrected chi connectivity index (χ3v) is 4.99. The smallest absolute Gasteiger partial charge is 0.220 e. The number of nitrogens with zero attached hydrogens (tertiary/aromatic N) is 1. The summed E-state index contributed by atoms with van der Waals surface area (Å²) in [4.78, 5) is 16.3. The second kappa shape index (κ2) is 9.52. The summed E-state index contributed by atoms with van der Waals surface area (Å²) in [6.45, 7) is 4.68. The van der Waals surface area contributed by atoms with Gasteiger partial charge in [0.25, 0.3) is 0 Å². The third kappa shape index (κ3) is 4.93. The van der Waals surface area contributed by atoms with Crippen molar-refractivity contribution in [2.45, 2.75) is 39.7 Å². The van der Waals surface area contributed by atoms with Crippen LogP contribution in [0.25, 0.3) is 22.2 Å². The summed E-state index contributed by atoms with van der Waals surface area (Å²) in [5.74, 6) is 0.762. The molecule has 0 saturated carbocycles. The average Bonchev–Trinajstić information content (AvgIpc) is 2.75. The maximum atomic E-state index is 11.5. The lowest BCUT2D eigenvalue weighted by Gasteiger charge is -2.13. The largest absolute Gasteiger partial charge is 0.493 e. The van der Waals surface area contributed by atoms with Crippen LogP contribution in [0.2, 0.25) is 0 Å². The molecule has 152 valence electrons. The molecule has 5 heteroatoms. The molecule has 0 fully saturated rings. The Bertz CT molecular complexity index is 1010. The van der Waals surface area contributed by atoms with Gasteiger partial charge in [-0.05, 0) is 67.3 Å². The predicted octanol–water partition coefficient (Wildman–Crippen LogP) is 4.17. The molecule has 0 unspecified atom stereocenters. The molecule has 3 rings (SSSR count). The van der Waals surface area contributed by atoms with Crippen molar-refractivity contribution in [2.75, 3.05) is 13.7 Å². The fourth-order valence-electron chi connectivity index (χ4n) is 3.34. The lowest BCUT2D eigenvalue weighted by molar-refractivity contribution is -0.120. The molecule has 1 aromatic heterocycles. The fraction of sp³-hybridized carbons (Fsp3) is 0.333. The minimum absolute atomic E-state index is 0.0429. The molecule has 1 heterocycles. The van der Waals surface area contributed by atoms with Crippen LogP contribution in [0.4, 0.5) is 0 Å². The highest BCUT2D eigenvalue weighted by Gasteiger charge is 2.10. The van der Waals surface area contributed by atoms with Gasteiger partial charge in [-0.15, -0.1) is 0 Å². The molecule has 0 atom stereocenters. The molecule has 0 saturated heterocycles. The van der Waals surface area contributed by atoms with Gasteiger partial charge in [0.1, 0.15) is 5.75 Å². The van der Waals surface area contributed by atoms with Crippen LogP contribution in [0.15, 0.2) is 42.5 Å². The normalized spacial score (nSPS) is 10.9. The zero-order valence-corrected chi connectivity index (χ0v) is 17.3. The predicted molar refractivity (Wildman–Crippen MR) is 116 cm³/mol. The summed E-state index contributed by atoms with van der Waals surface area (Å²) < 4.78 is 5.71. The molecule has 5 nitrogen and oxygen atoms in total. The van der Waals surface area contributed by atoms with Gasteiger partial charge in [0, 0.05) is 30.0 Å². The van der Waals surface area contributed by atoms with E-state index in [4.69, 9.17) is 9.72 Å². The summed E-state index contributed by atoms with van der Waals surface area (Å²) in [6.07, 6.45) is 2.10. The molecule has 2 N–H and O–H groups in total. The topological polar surface area (TPSA) is 71.5 Å². The van der Waals surface area contributed by atoms with Crippen LogP contribution >= 0.6 is 0 Å². The van der Waals surface area contributed by atoms with Crippen LogP contribution in [0.5, 0.6) is 5.75 Å². The zero-order chi connectivity index (χ0) is 20.8. The van der Waals surface area contributed by atoms with E-state index in [2.05, 4.69) is 31.3 Å². The van der Waals surface area contributed by atoms with Gasteiger partial charge in [0.15, 0.2) is 0 Å². The van der Waals surface area contributed by atoms with Crippen molar-refractivity contribution >= 4 is 16.8 Å². The van der Waals surface area contributed by atoms with Crippen molar-refractivity contribution in [3.63, 3.8) is 0 Å². The molecule has 3 aromatic rings. The molecule has 0 aliphatic rings. The quantitative estimate of drug-likeness (QED) is 0.604. The van der Waals surface area contributed by atoms with Gasteiger partial charge in [-0.3, -0.25) is 4.79 Å². The first kappa shape index (κ1) is 20.8. The Morgan fingerprint density at radius 2 is 2.00 bits per heavy atom. The Labute approximate surface area is 171 Å². The Morgan fingerprint density at radius 3 is 2.72 bits per heavy atom. The summed E-state index contributed by atoms with van der Waals surface area (Å²) >= 11 is 0. The number of carbonyl (C=O) groups is 1. The number of hydrogen-bond acceptors (Lipinski definition) is 4. The number of aliphatic hydroxyl groups excluding tert-OH is 1. The van der Waals surface area contributed by atoms with E-state index in [0.29, 0.717) is 19.4 Å². The number of ether oxygens (including phenoxy) is 1. The van der Waals surface area contributed by atoms with E-state index in [-0.39, 0.29) is 12.5 Å². The lowest BCUT2D eigenvalue weighted by Crippen LogP contribution is -2.17. The molecule has 0 radical (unpaired) electrons. The number of carbonyl (C=O) groups excluding carboxylic acids is 1. The summed E-state index contributed by atoms with van der Waals surface area (Å²) in [6, 6.07) is 14.0. The summed E-state index contributed by atoms with van der Waals surface area (Å²) in [7, 11) is 1.66. The highest BCUT2D eigenvalue weighted by molar-refractivity contribution is 5.86. The van der Waals surface area contributed by atoms with Crippen LogP contribution in [0.3, 0.4) is 0 Å². The molecule has 0 spiro atoms. The molecular formula is C24H28N2O3. The highest BCUT2D eigenvalue weighted by atomic mass is 16.5. The van der Waals surface area contributed by atoms with Crippen LogP contribution in [-0.4, -0.2) is 29.7 Å². The lowest BCUT2D eigenvalue weighted by atomic mass is 10.0. The number of benzene rings is 2. The van der Waals surface area contributed by atoms with Crippen LogP contribution in [0, 0.1) is 6.92 Å². The van der Waals surface area contributed by atoms with E-state index >= 15 is 0 Å². The van der Waals surface area contributed by atoms with E-state index < -0.39 is 0 Å². The molecular weight excluding hydrogens is 364 g/mol. The van der Waals surface area contributed by atoms with Crippen molar-refractivity contribution in [1.82, 2.24) is 10.3 Å². The van der Waals surface area contributed by atoms with Crippen LogP contribution < -0.4 is 10.1 Å². The van der Waals surface area contributed by atoms with Gasteiger partial charge >= 0.3 is 0 Å². The second-order valence-corrected chi connectivity index (χ2v) is 7.18. The van der Waals surface area contributed by atoms with Gasteiger partial charge in [-0.25, -0.2) is 4.98 Å². The third-order valence-electron chi connectivity index (χ3n) is 4.99. The number of hydrogen-bond donors (Lipinski definition) is 2. The van der Waals surface area contributed by atoms with Crippen LogP contribution in [-0.2, 0) is 17.8 Å². The molecule has 2 aromatic carbocycles. The van der Waals surface area contributed by atoms with E-state index in [0.717, 1.165) is 51.0 Å².